The van der Waals surface area contributed by atoms with Crippen molar-refractivity contribution < 1.29 is 9.53 Å². The maximum atomic E-state index is 13.7. The van der Waals surface area contributed by atoms with Crippen LogP contribution in [-0.2, 0) is 14.9 Å². The van der Waals surface area contributed by atoms with E-state index in [9.17, 15) is 4.79 Å². The maximum Gasteiger partial charge on any atom is 0.233 e. The molecule has 2 aliphatic rings. The number of hydrogen-bond donors (Lipinski definition) is 0. The van der Waals surface area contributed by atoms with Crippen LogP contribution < -0.4 is 4.90 Å². The van der Waals surface area contributed by atoms with E-state index in [-0.39, 0.29) is 5.91 Å². The molecule has 4 rings (SSSR count). The normalized spacial score (nSPS) is 19.5. The summed E-state index contributed by atoms with van der Waals surface area (Å²) in [7, 11) is 0. The van der Waals surface area contributed by atoms with Crippen LogP contribution in [0.25, 0.3) is 0 Å². The van der Waals surface area contributed by atoms with Gasteiger partial charge < -0.3 is 14.5 Å². The average Bonchev–Trinajstić information content (AvgIpc) is 2.75. The highest BCUT2D eigenvalue weighted by Crippen LogP contribution is 2.38. The third kappa shape index (κ3) is 3.78. The second kappa shape index (κ2) is 8.39. The average molecular weight is 465 g/mol. The second-order valence-corrected chi connectivity index (χ2v) is 8.61. The van der Waals surface area contributed by atoms with Crippen LogP contribution in [0, 0.1) is 0 Å². The standard InChI is InChI=1S/C21H23BrClN3O2/c22-17-5-3-16(4-6-17)21(7-14-28-15-8-21)20(27)26-12-10-25(11-13-26)19-18(23)2-1-9-24-19/h1-6,9H,7-8,10-15H2. The van der Waals surface area contributed by atoms with Crippen LogP contribution in [-0.4, -0.2) is 55.2 Å². The van der Waals surface area contributed by atoms with Gasteiger partial charge in [-0.05, 0) is 42.7 Å². The summed E-state index contributed by atoms with van der Waals surface area (Å²) in [4.78, 5) is 22.2. The Kier molecular flexibility index (Phi) is 5.90. The van der Waals surface area contributed by atoms with Crippen molar-refractivity contribution >= 4 is 39.3 Å². The molecule has 2 saturated heterocycles. The molecule has 1 aromatic heterocycles. The summed E-state index contributed by atoms with van der Waals surface area (Å²) in [6.07, 6.45) is 3.20. The topological polar surface area (TPSA) is 45.7 Å². The molecule has 0 radical (unpaired) electrons. The third-order valence-electron chi connectivity index (χ3n) is 5.76. The van der Waals surface area contributed by atoms with Gasteiger partial charge in [0, 0.05) is 50.1 Å². The highest BCUT2D eigenvalue weighted by Gasteiger charge is 2.44. The SMILES string of the molecule is O=C(N1CCN(c2ncccc2Cl)CC1)C1(c2ccc(Br)cc2)CCOCC1. The Bertz CT molecular complexity index is 832. The van der Waals surface area contributed by atoms with Gasteiger partial charge in [-0.1, -0.05) is 39.7 Å². The number of ether oxygens (including phenoxy) is 1. The summed E-state index contributed by atoms with van der Waals surface area (Å²) < 4.78 is 6.60. The number of hydrogen-bond acceptors (Lipinski definition) is 4. The Balaban J connectivity index is 1.52. The van der Waals surface area contributed by atoms with Crippen LogP contribution in [0.15, 0.2) is 47.1 Å². The Morgan fingerprint density at radius 3 is 2.39 bits per heavy atom. The quantitative estimate of drug-likeness (QED) is 0.691. The second-order valence-electron chi connectivity index (χ2n) is 7.29. The lowest BCUT2D eigenvalue weighted by molar-refractivity contribution is -0.141. The molecule has 0 unspecified atom stereocenters. The van der Waals surface area contributed by atoms with Crippen LogP contribution in [0.3, 0.4) is 0 Å². The fraction of sp³-hybridized carbons (Fsp3) is 0.429. The highest BCUT2D eigenvalue weighted by atomic mass is 79.9. The number of aromatic nitrogens is 1. The zero-order chi connectivity index (χ0) is 19.6. The molecular weight excluding hydrogens is 442 g/mol. The first-order chi connectivity index (χ1) is 13.6. The van der Waals surface area contributed by atoms with Gasteiger partial charge in [0.05, 0.1) is 10.4 Å². The fourth-order valence-electron chi connectivity index (χ4n) is 4.15. The Morgan fingerprint density at radius 1 is 1.07 bits per heavy atom. The largest absolute Gasteiger partial charge is 0.381 e. The van der Waals surface area contributed by atoms with E-state index in [4.69, 9.17) is 16.3 Å². The minimum atomic E-state index is -0.496. The number of pyridine rings is 1. The third-order valence-corrected chi connectivity index (χ3v) is 6.58. The lowest BCUT2D eigenvalue weighted by Gasteiger charge is -2.43. The van der Waals surface area contributed by atoms with Crippen molar-refractivity contribution in [2.24, 2.45) is 0 Å². The van der Waals surface area contributed by atoms with Gasteiger partial charge in [-0.25, -0.2) is 4.98 Å². The van der Waals surface area contributed by atoms with E-state index in [1.807, 2.05) is 29.2 Å². The smallest absolute Gasteiger partial charge is 0.233 e. The van der Waals surface area contributed by atoms with Crippen molar-refractivity contribution in [2.45, 2.75) is 18.3 Å². The number of piperazine rings is 1. The predicted octanol–water partition coefficient (Wildman–Crippen LogP) is 3.89. The number of halogens is 2. The predicted molar refractivity (Wildman–Crippen MR) is 114 cm³/mol. The van der Waals surface area contributed by atoms with E-state index in [0.717, 1.165) is 41.8 Å². The summed E-state index contributed by atoms with van der Waals surface area (Å²) in [5.41, 5.74) is 0.586. The summed E-state index contributed by atoms with van der Waals surface area (Å²) in [6, 6.07) is 11.8. The summed E-state index contributed by atoms with van der Waals surface area (Å²) >= 11 is 9.78. The van der Waals surface area contributed by atoms with E-state index in [1.54, 1.807) is 6.20 Å². The minimum absolute atomic E-state index is 0.213. The zero-order valence-corrected chi connectivity index (χ0v) is 18.0. The minimum Gasteiger partial charge on any atom is -0.381 e. The van der Waals surface area contributed by atoms with Gasteiger partial charge in [-0.15, -0.1) is 0 Å². The van der Waals surface area contributed by atoms with Crippen molar-refractivity contribution in [1.82, 2.24) is 9.88 Å². The van der Waals surface area contributed by atoms with Gasteiger partial charge in [0.1, 0.15) is 5.82 Å². The first-order valence-corrected chi connectivity index (χ1v) is 10.8. The van der Waals surface area contributed by atoms with Crippen LogP contribution >= 0.6 is 27.5 Å². The van der Waals surface area contributed by atoms with Gasteiger partial charge in [0.2, 0.25) is 5.91 Å². The molecule has 28 heavy (non-hydrogen) atoms. The fourth-order valence-corrected chi connectivity index (χ4v) is 4.65. The van der Waals surface area contributed by atoms with Crippen molar-refractivity contribution in [1.29, 1.82) is 0 Å². The van der Waals surface area contributed by atoms with E-state index >= 15 is 0 Å². The maximum absolute atomic E-state index is 13.7. The molecule has 0 spiro atoms. The molecule has 0 atom stereocenters. The molecule has 1 amide bonds. The number of anilines is 1. The molecule has 0 saturated carbocycles. The molecular formula is C21H23BrClN3O2. The number of amides is 1. The lowest BCUT2D eigenvalue weighted by Crippen LogP contribution is -2.56. The highest BCUT2D eigenvalue weighted by molar-refractivity contribution is 9.10. The Morgan fingerprint density at radius 2 is 1.75 bits per heavy atom. The van der Waals surface area contributed by atoms with Crippen molar-refractivity contribution in [3.05, 3.63) is 57.7 Å². The molecule has 148 valence electrons. The van der Waals surface area contributed by atoms with Gasteiger partial charge in [-0.3, -0.25) is 4.79 Å². The number of carbonyl (C=O) groups is 1. The van der Waals surface area contributed by atoms with Gasteiger partial charge in [-0.2, -0.15) is 0 Å². The van der Waals surface area contributed by atoms with Crippen molar-refractivity contribution in [2.75, 3.05) is 44.3 Å². The first-order valence-electron chi connectivity index (χ1n) is 9.59. The molecule has 2 aliphatic heterocycles. The number of carbonyl (C=O) groups excluding carboxylic acids is 1. The van der Waals surface area contributed by atoms with Crippen LogP contribution in [0.5, 0.6) is 0 Å². The lowest BCUT2D eigenvalue weighted by atomic mass is 9.73. The molecule has 0 N–H and O–H groups in total. The zero-order valence-electron chi connectivity index (χ0n) is 15.6. The van der Waals surface area contributed by atoms with E-state index in [2.05, 4.69) is 37.9 Å². The molecule has 0 bridgehead atoms. The molecule has 3 heterocycles. The van der Waals surface area contributed by atoms with E-state index in [1.165, 1.54) is 0 Å². The monoisotopic (exact) mass is 463 g/mol. The van der Waals surface area contributed by atoms with Crippen LogP contribution in [0.4, 0.5) is 5.82 Å². The Hall–Kier alpha value is -1.63. The molecule has 5 nitrogen and oxygen atoms in total. The van der Waals surface area contributed by atoms with Crippen molar-refractivity contribution in [3.63, 3.8) is 0 Å². The van der Waals surface area contributed by atoms with Crippen LogP contribution in [0.1, 0.15) is 18.4 Å². The summed E-state index contributed by atoms with van der Waals surface area (Å²) in [5.74, 6) is 1.01. The molecule has 7 heteroatoms. The van der Waals surface area contributed by atoms with Crippen molar-refractivity contribution in [3.8, 4) is 0 Å². The molecule has 0 aliphatic carbocycles. The number of rotatable bonds is 3. The molecule has 1 aromatic carbocycles. The van der Waals surface area contributed by atoms with Gasteiger partial charge in [0.25, 0.3) is 0 Å². The summed E-state index contributed by atoms with van der Waals surface area (Å²) in [5, 5.41) is 0.651. The first kappa shape index (κ1) is 19.7. The van der Waals surface area contributed by atoms with Gasteiger partial charge in [0.15, 0.2) is 0 Å². The molecule has 2 fully saturated rings. The van der Waals surface area contributed by atoms with Crippen LogP contribution in [0.2, 0.25) is 5.02 Å². The van der Waals surface area contributed by atoms with E-state index in [0.29, 0.717) is 31.3 Å². The van der Waals surface area contributed by atoms with E-state index < -0.39 is 5.41 Å². The number of benzene rings is 1. The number of nitrogens with zero attached hydrogens (tertiary/aromatic N) is 3. The Labute approximate surface area is 178 Å². The summed E-state index contributed by atoms with van der Waals surface area (Å²) in [6.45, 7) is 4.04. The molecule has 2 aromatic rings. The van der Waals surface area contributed by atoms with Gasteiger partial charge >= 0.3 is 0 Å².